The Bertz CT molecular complexity index is 510. The van der Waals surface area contributed by atoms with Crippen LogP contribution in [0.5, 0.6) is 0 Å². The van der Waals surface area contributed by atoms with E-state index in [1.807, 2.05) is 39.0 Å². The highest BCUT2D eigenvalue weighted by Crippen LogP contribution is 2.00. The quantitative estimate of drug-likeness (QED) is 0.327. The molecule has 0 atom stereocenters. The van der Waals surface area contributed by atoms with Crippen molar-refractivity contribution in [2.45, 2.75) is 39.2 Å². The number of hydrogen-bond donors (Lipinski definition) is 4. The number of aromatic nitrogens is 1. The van der Waals surface area contributed by atoms with Crippen molar-refractivity contribution in [3.8, 4) is 0 Å². The molecule has 0 fully saturated rings. The molecule has 7 heteroatoms. The number of anilines is 1. The topological polar surface area (TPSA) is 90.4 Å². The van der Waals surface area contributed by atoms with E-state index in [0.29, 0.717) is 5.96 Å². The molecule has 24 heavy (non-hydrogen) atoms. The Balaban J connectivity index is 2.10. The number of guanidine groups is 1. The van der Waals surface area contributed by atoms with Gasteiger partial charge in [-0.25, -0.2) is 4.98 Å². The summed E-state index contributed by atoms with van der Waals surface area (Å²) in [4.78, 5) is 20.1. The Hall–Kier alpha value is -2.31. The van der Waals surface area contributed by atoms with Gasteiger partial charge in [0, 0.05) is 31.9 Å². The number of carbonyl (C=O) groups is 1. The van der Waals surface area contributed by atoms with Crippen molar-refractivity contribution in [2.24, 2.45) is 4.99 Å². The second-order valence-corrected chi connectivity index (χ2v) is 6.50. The molecule has 0 bridgehead atoms. The van der Waals surface area contributed by atoms with Crippen LogP contribution in [0.3, 0.4) is 0 Å². The largest absolute Gasteiger partial charge is 0.370 e. The maximum Gasteiger partial charge on any atom is 0.239 e. The predicted octanol–water partition coefficient (Wildman–Crippen LogP) is 1.35. The minimum absolute atomic E-state index is 0.0509. The zero-order chi connectivity index (χ0) is 17.8. The van der Waals surface area contributed by atoms with Crippen molar-refractivity contribution in [3.05, 3.63) is 24.4 Å². The fraction of sp³-hybridized carbons (Fsp3) is 0.588. The molecule has 0 radical (unpaired) electrons. The van der Waals surface area contributed by atoms with E-state index in [-0.39, 0.29) is 18.0 Å². The van der Waals surface area contributed by atoms with Gasteiger partial charge in [0.2, 0.25) is 5.91 Å². The predicted molar refractivity (Wildman–Crippen MR) is 99.2 cm³/mol. The average Bonchev–Trinajstić information content (AvgIpc) is 2.52. The van der Waals surface area contributed by atoms with Crippen LogP contribution in [0.4, 0.5) is 5.82 Å². The summed E-state index contributed by atoms with van der Waals surface area (Å²) in [6, 6.07) is 5.81. The number of hydrogen-bond acceptors (Lipinski definition) is 4. The molecule has 0 spiro atoms. The van der Waals surface area contributed by atoms with Crippen LogP contribution in [0.15, 0.2) is 29.4 Å². The Kier molecular flexibility index (Phi) is 8.60. The summed E-state index contributed by atoms with van der Waals surface area (Å²) >= 11 is 0. The summed E-state index contributed by atoms with van der Waals surface area (Å²) in [6.45, 7) is 7.74. The van der Waals surface area contributed by atoms with E-state index in [0.717, 1.165) is 31.7 Å². The third-order valence-corrected chi connectivity index (χ3v) is 3.02. The molecule has 0 aliphatic rings. The maximum atomic E-state index is 11.8. The summed E-state index contributed by atoms with van der Waals surface area (Å²) in [5.41, 5.74) is -0.226. The lowest BCUT2D eigenvalue weighted by Gasteiger charge is -2.21. The third kappa shape index (κ3) is 9.66. The van der Waals surface area contributed by atoms with E-state index < -0.39 is 0 Å². The molecule has 1 aromatic heterocycles. The number of pyridine rings is 1. The smallest absolute Gasteiger partial charge is 0.239 e. The number of aliphatic imine (C=N–C) groups is 1. The van der Waals surface area contributed by atoms with E-state index in [2.05, 4.69) is 31.2 Å². The Morgan fingerprint density at radius 2 is 1.92 bits per heavy atom. The number of amides is 1. The molecule has 7 nitrogen and oxygen atoms in total. The first-order valence-electron chi connectivity index (χ1n) is 8.31. The maximum absolute atomic E-state index is 11.8. The summed E-state index contributed by atoms with van der Waals surface area (Å²) in [7, 11) is 1.69. The van der Waals surface area contributed by atoms with Crippen LogP contribution in [0.25, 0.3) is 0 Å². The van der Waals surface area contributed by atoms with Gasteiger partial charge in [-0.15, -0.1) is 0 Å². The second-order valence-electron chi connectivity index (χ2n) is 6.50. The second kappa shape index (κ2) is 10.5. The molecule has 4 N–H and O–H groups in total. The van der Waals surface area contributed by atoms with Crippen molar-refractivity contribution in [1.82, 2.24) is 20.9 Å². The van der Waals surface area contributed by atoms with Gasteiger partial charge in [-0.3, -0.25) is 9.79 Å². The van der Waals surface area contributed by atoms with Gasteiger partial charge in [-0.2, -0.15) is 0 Å². The van der Waals surface area contributed by atoms with Crippen molar-refractivity contribution < 1.29 is 4.79 Å². The molecule has 1 heterocycles. The Morgan fingerprint density at radius 1 is 1.17 bits per heavy atom. The molecule has 1 rings (SSSR count). The van der Waals surface area contributed by atoms with Gasteiger partial charge in [-0.05, 0) is 45.7 Å². The summed E-state index contributed by atoms with van der Waals surface area (Å²) in [6.07, 6.45) is 3.79. The highest BCUT2D eigenvalue weighted by molar-refractivity contribution is 5.86. The van der Waals surface area contributed by atoms with Crippen LogP contribution in [0, 0.1) is 0 Å². The van der Waals surface area contributed by atoms with Crippen LogP contribution in [-0.2, 0) is 4.79 Å². The molecule has 0 unspecified atom stereocenters. The monoisotopic (exact) mass is 334 g/mol. The van der Waals surface area contributed by atoms with Gasteiger partial charge < -0.3 is 21.3 Å². The van der Waals surface area contributed by atoms with Crippen LogP contribution in [0.2, 0.25) is 0 Å². The van der Waals surface area contributed by atoms with Crippen molar-refractivity contribution in [2.75, 3.05) is 32.0 Å². The van der Waals surface area contributed by atoms with Gasteiger partial charge in [0.25, 0.3) is 0 Å². The number of carbonyl (C=O) groups excluding carboxylic acids is 1. The fourth-order valence-electron chi connectivity index (χ4n) is 1.99. The zero-order valence-electron chi connectivity index (χ0n) is 15.1. The first-order valence-corrected chi connectivity index (χ1v) is 8.31. The molecule has 0 aliphatic heterocycles. The first kappa shape index (κ1) is 19.7. The average molecular weight is 334 g/mol. The lowest BCUT2D eigenvalue weighted by Crippen LogP contribution is -2.48. The van der Waals surface area contributed by atoms with Crippen molar-refractivity contribution in [1.29, 1.82) is 0 Å². The number of nitrogens with one attached hydrogen (secondary N) is 4. The normalized spacial score (nSPS) is 11.8. The minimum Gasteiger partial charge on any atom is -0.370 e. The minimum atomic E-state index is -0.226. The van der Waals surface area contributed by atoms with Gasteiger partial charge in [0.05, 0.1) is 6.54 Å². The van der Waals surface area contributed by atoms with Gasteiger partial charge >= 0.3 is 0 Å². The molecule has 0 aromatic carbocycles. The fourth-order valence-corrected chi connectivity index (χ4v) is 1.99. The van der Waals surface area contributed by atoms with Crippen molar-refractivity contribution in [3.63, 3.8) is 0 Å². The zero-order valence-corrected chi connectivity index (χ0v) is 15.1. The third-order valence-electron chi connectivity index (χ3n) is 3.02. The Labute approximate surface area is 144 Å². The molecule has 0 saturated carbocycles. The number of rotatable bonds is 8. The van der Waals surface area contributed by atoms with Crippen LogP contribution < -0.4 is 21.3 Å². The molecule has 1 aromatic rings. The van der Waals surface area contributed by atoms with Crippen LogP contribution in [0.1, 0.15) is 33.6 Å². The summed E-state index contributed by atoms with van der Waals surface area (Å²) in [5.74, 6) is 1.48. The first-order chi connectivity index (χ1) is 11.4. The SMILES string of the molecule is CN=C(NCCCCNc1ccccn1)NCC(=O)NC(C)(C)C. The van der Waals surface area contributed by atoms with E-state index >= 15 is 0 Å². The van der Waals surface area contributed by atoms with Crippen LogP contribution in [-0.4, -0.2) is 49.1 Å². The molecule has 134 valence electrons. The lowest BCUT2D eigenvalue weighted by atomic mass is 10.1. The molecule has 0 aliphatic carbocycles. The Morgan fingerprint density at radius 3 is 2.54 bits per heavy atom. The van der Waals surface area contributed by atoms with E-state index in [9.17, 15) is 4.79 Å². The molecule has 0 saturated heterocycles. The number of nitrogens with zero attached hydrogens (tertiary/aromatic N) is 2. The summed E-state index contributed by atoms with van der Waals surface area (Å²) < 4.78 is 0. The molecular weight excluding hydrogens is 304 g/mol. The van der Waals surface area contributed by atoms with Gasteiger partial charge in [0.15, 0.2) is 5.96 Å². The molecule has 1 amide bonds. The molecular formula is C17H30N6O. The van der Waals surface area contributed by atoms with E-state index in [1.165, 1.54) is 0 Å². The highest BCUT2D eigenvalue weighted by atomic mass is 16.2. The number of unbranched alkanes of at least 4 members (excludes halogenated alkanes) is 1. The van der Waals surface area contributed by atoms with Crippen molar-refractivity contribution >= 4 is 17.7 Å². The lowest BCUT2D eigenvalue weighted by molar-refractivity contribution is -0.121. The summed E-state index contributed by atoms with van der Waals surface area (Å²) in [5, 5.41) is 12.4. The van der Waals surface area contributed by atoms with Crippen LogP contribution >= 0.6 is 0 Å². The van der Waals surface area contributed by atoms with E-state index in [1.54, 1.807) is 13.2 Å². The van der Waals surface area contributed by atoms with Gasteiger partial charge in [-0.1, -0.05) is 6.07 Å². The standard InChI is InChI=1S/C17H30N6O/c1-17(2,3)23-15(24)13-22-16(18-4)21-12-8-7-11-20-14-9-5-6-10-19-14/h5-6,9-10H,7-8,11-13H2,1-4H3,(H,19,20)(H,23,24)(H2,18,21,22). The van der Waals surface area contributed by atoms with Gasteiger partial charge in [0.1, 0.15) is 5.82 Å². The van der Waals surface area contributed by atoms with E-state index in [4.69, 9.17) is 0 Å². The highest BCUT2D eigenvalue weighted by Gasteiger charge is 2.13.